The molecule has 0 spiro atoms. The van der Waals surface area contributed by atoms with Crippen molar-refractivity contribution in [2.24, 2.45) is 11.8 Å². The number of likely N-dealkylation sites (tertiary alicyclic amines) is 1. The van der Waals surface area contributed by atoms with Gasteiger partial charge in [0.15, 0.2) is 6.10 Å². The van der Waals surface area contributed by atoms with Gasteiger partial charge in [-0.15, -0.1) is 0 Å². The van der Waals surface area contributed by atoms with Crippen molar-refractivity contribution in [3.63, 3.8) is 0 Å². The predicted octanol–water partition coefficient (Wildman–Crippen LogP) is 2.67. The summed E-state index contributed by atoms with van der Waals surface area (Å²) in [5.74, 6) is 1.89. The van der Waals surface area contributed by atoms with Gasteiger partial charge in [-0.25, -0.2) is 0 Å². The molecule has 1 aromatic carbocycles. The molecule has 154 valence electrons. The maximum atomic E-state index is 12.7. The van der Waals surface area contributed by atoms with Gasteiger partial charge in [0.2, 0.25) is 5.91 Å². The lowest BCUT2D eigenvalue weighted by Crippen LogP contribution is -2.49. The number of carbonyl (C=O) groups excluding carboxylic acids is 2. The second-order valence-electron chi connectivity index (χ2n) is 8.32. The van der Waals surface area contributed by atoms with Gasteiger partial charge in [-0.05, 0) is 49.8 Å². The van der Waals surface area contributed by atoms with Crippen molar-refractivity contribution in [2.75, 3.05) is 37.6 Å². The van der Waals surface area contributed by atoms with Gasteiger partial charge in [-0.1, -0.05) is 32.9 Å². The fourth-order valence-electron chi connectivity index (χ4n) is 4.40. The molecule has 2 amide bonds. The van der Waals surface area contributed by atoms with Crippen molar-refractivity contribution < 1.29 is 14.3 Å². The summed E-state index contributed by atoms with van der Waals surface area (Å²) in [5.41, 5.74) is 0.670. The number of nitrogens with zero attached hydrogens (tertiary/aromatic N) is 2. The zero-order valence-electron chi connectivity index (χ0n) is 17.3. The van der Waals surface area contributed by atoms with Gasteiger partial charge in [0.05, 0.1) is 5.69 Å². The van der Waals surface area contributed by atoms with Gasteiger partial charge in [0, 0.05) is 19.6 Å². The summed E-state index contributed by atoms with van der Waals surface area (Å²) in [7, 11) is 0. The van der Waals surface area contributed by atoms with Crippen LogP contribution >= 0.6 is 0 Å². The molecular formula is C22H33N3O3. The zero-order chi connectivity index (χ0) is 20.1. The standard InChI is InChI=1S/C22H33N3O3/c1-4-19-22(27)25(18-8-5-6-9-20(18)28-19)15-21(26)23-10-7-11-24-13-16(2)12-17(3)14-24/h5-6,8-9,16-17,19H,4,7,10-15H2,1-3H3,(H,23,26)/t16-,17+,19-/m1/s1. The summed E-state index contributed by atoms with van der Waals surface area (Å²) in [6.07, 6.45) is 2.29. The quantitative estimate of drug-likeness (QED) is 0.731. The van der Waals surface area contributed by atoms with Crippen LogP contribution in [-0.4, -0.2) is 55.5 Å². The number of benzene rings is 1. The highest BCUT2D eigenvalue weighted by molar-refractivity contribution is 6.03. The molecule has 3 atom stereocenters. The Morgan fingerprint density at radius 1 is 1.21 bits per heavy atom. The molecule has 1 N–H and O–H groups in total. The molecule has 0 aromatic heterocycles. The first kappa shape index (κ1) is 20.6. The predicted molar refractivity (Wildman–Crippen MR) is 111 cm³/mol. The van der Waals surface area contributed by atoms with E-state index < -0.39 is 6.10 Å². The molecule has 1 fully saturated rings. The van der Waals surface area contributed by atoms with E-state index in [-0.39, 0.29) is 18.4 Å². The normalized spacial score (nSPS) is 25.2. The van der Waals surface area contributed by atoms with Gasteiger partial charge in [-0.3, -0.25) is 14.5 Å². The van der Waals surface area contributed by atoms with Crippen molar-refractivity contribution in [1.82, 2.24) is 10.2 Å². The van der Waals surface area contributed by atoms with E-state index in [1.54, 1.807) is 4.90 Å². The minimum Gasteiger partial charge on any atom is -0.478 e. The molecule has 0 radical (unpaired) electrons. The number of hydrogen-bond donors (Lipinski definition) is 1. The molecule has 1 aromatic rings. The minimum atomic E-state index is -0.522. The average molecular weight is 388 g/mol. The summed E-state index contributed by atoms with van der Waals surface area (Å²) >= 11 is 0. The second-order valence-corrected chi connectivity index (χ2v) is 8.32. The highest BCUT2D eigenvalue weighted by Gasteiger charge is 2.34. The van der Waals surface area contributed by atoms with E-state index in [4.69, 9.17) is 4.74 Å². The summed E-state index contributed by atoms with van der Waals surface area (Å²) in [5, 5.41) is 2.98. The van der Waals surface area contributed by atoms with E-state index in [0.717, 1.165) is 37.9 Å². The van der Waals surface area contributed by atoms with E-state index >= 15 is 0 Å². The molecule has 0 aliphatic carbocycles. The second kappa shape index (κ2) is 9.41. The molecule has 0 bridgehead atoms. The molecule has 3 rings (SSSR count). The Hall–Kier alpha value is -2.08. The number of anilines is 1. The molecule has 2 aliphatic heterocycles. The lowest BCUT2D eigenvalue weighted by atomic mass is 9.92. The van der Waals surface area contributed by atoms with Gasteiger partial charge in [-0.2, -0.15) is 0 Å². The monoisotopic (exact) mass is 387 g/mol. The van der Waals surface area contributed by atoms with Crippen molar-refractivity contribution >= 4 is 17.5 Å². The van der Waals surface area contributed by atoms with Gasteiger partial charge < -0.3 is 15.0 Å². The van der Waals surface area contributed by atoms with Gasteiger partial charge in [0.1, 0.15) is 12.3 Å². The van der Waals surface area contributed by atoms with Gasteiger partial charge >= 0.3 is 0 Å². The fraction of sp³-hybridized carbons (Fsp3) is 0.636. The Balaban J connectivity index is 1.48. The number of nitrogens with one attached hydrogen (secondary N) is 1. The Morgan fingerprint density at radius 2 is 1.93 bits per heavy atom. The highest BCUT2D eigenvalue weighted by atomic mass is 16.5. The molecule has 1 saturated heterocycles. The van der Waals surface area contributed by atoms with Crippen molar-refractivity contribution in [1.29, 1.82) is 0 Å². The van der Waals surface area contributed by atoms with E-state index in [0.29, 0.717) is 24.4 Å². The summed E-state index contributed by atoms with van der Waals surface area (Å²) in [6, 6.07) is 7.40. The van der Waals surface area contributed by atoms with E-state index in [2.05, 4.69) is 24.1 Å². The molecule has 2 aliphatic rings. The van der Waals surface area contributed by atoms with Crippen LogP contribution in [0.4, 0.5) is 5.69 Å². The summed E-state index contributed by atoms with van der Waals surface area (Å²) < 4.78 is 5.76. The Morgan fingerprint density at radius 3 is 2.64 bits per heavy atom. The average Bonchev–Trinajstić information content (AvgIpc) is 2.66. The number of piperidine rings is 1. The third kappa shape index (κ3) is 5.04. The van der Waals surface area contributed by atoms with Crippen LogP contribution in [0.3, 0.4) is 0 Å². The van der Waals surface area contributed by atoms with Crippen LogP contribution in [0.5, 0.6) is 5.75 Å². The third-order valence-electron chi connectivity index (χ3n) is 5.56. The molecule has 0 saturated carbocycles. The number of para-hydroxylation sites is 2. The Bertz CT molecular complexity index is 683. The van der Waals surface area contributed by atoms with E-state index in [1.165, 1.54) is 6.42 Å². The molecule has 28 heavy (non-hydrogen) atoms. The maximum absolute atomic E-state index is 12.7. The first-order valence-electron chi connectivity index (χ1n) is 10.5. The lowest BCUT2D eigenvalue weighted by molar-refractivity contribution is -0.129. The number of carbonyl (C=O) groups is 2. The number of hydrogen-bond acceptors (Lipinski definition) is 4. The first-order chi connectivity index (χ1) is 13.5. The number of ether oxygens (including phenoxy) is 1. The SMILES string of the molecule is CC[C@H]1Oc2ccccc2N(CC(=O)NCCCN2C[C@H](C)C[C@H](C)C2)C1=O. The van der Waals surface area contributed by atoms with Crippen LogP contribution in [0.1, 0.15) is 40.0 Å². The topological polar surface area (TPSA) is 61.9 Å². The molecule has 2 heterocycles. The van der Waals surface area contributed by atoms with Crippen molar-refractivity contribution in [2.45, 2.75) is 46.1 Å². The third-order valence-corrected chi connectivity index (χ3v) is 5.56. The van der Waals surface area contributed by atoms with E-state index in [9.17, 15) is 9.59 Å². The maximum Gasteiger partial charge on any atom is 0.268 e. The fourth-order valence-corrected chi connectivity index (χ4v) is 4.40. The number of fused-ring (bicyclic) bond motifs is 1. The van der Waals surface area contributed by atoms with Crippen LogP contribution in [0.2, 0.25) is 0 Å². The van der Waals surface area contributed by atoms with Crippen molar-refractivity contribution in [3.8, 4) is 5.75 Å². The van der Waals surface area contributed by atoms with Gasteiger partial charge in [0.25, 0.3) is 5.91 Å². The van der Waals surface area contributed by atoms with E-state index in [1.807, 2.05) is 31.2 Å². The van der Waals surface area contributed by atoms with Crippen LogP contribution in [0.15, 0.2) is 24.3 Å². The minimum absolute atomic E-state index is 0.0352. The Labute approximate surface area is 168 Å². The summed E-state index contributed by atoms with van der Waals surface area (Å²) in [6.45, 7) is 10.5. The lowest BCUT2D eigenvalue weighted by Gasteiger charge is -2.35. The number of amides is 2. The molecule has 0 unspecified atom stereocenters. The largest absolute Gasteiger partial charge is 0.478 e. The van der Waals surface area contributed by atoms with Crippen LogP contribution in [0, 0.1) is 11.8 Å². The first-order valence-corrected chi connectivity index (χ1v) is 10.5. The number of rotatable bonds is 7. The van der Waals surface area contributed by atoms with Crippen LogP contribution in [-0.2, 0) is 9.59 Å². The molecule has 6 heteroatoms. The molecular weight excluding hydrogens is 354 g/mol. The Kier molecular flexibility index (Phi) is 6.94. The highest BCUT2D eigenvalue weighted by Crippen LogP contribution is 2.34. The zero-order valence-corrected chi connectivity index (χ0v) is 17.3. The molecule has 6 nitrogen and oxygen atoms in total. The van der Waals surface area contributed by atoms with Crippen molar-refractivity contribution in [3.05, 3.63) is 24.3 Å². The van der Waals surface area contributed by atoms with Crippen LogP contribution < -0.4 is 15.0 Å². The smallest absolute Gasteiger partial charge is 0.268 e. The van der Waals surface area contributed by atoms with Crippen LogP contribution in [0.25, 0.3) is 0 Å². The summed E-state index contributed by atoms with van der Waals surface area (Å²) in [4.78, 5) is 29.2.